The SMILES string of the molecule is CSCCC(N)C(=O)NCc1cccc(N(C)C)n1.Cl. The number of anilines is 1. The number of nitrogens with two attached hydrogens (primary N) is 1. The van der Waals surface area contributed by atoms with E-state index in [2.05, 4.69) is 10.3 Å². The number of amides is 1. The molecule has 1 unspecified atom stereocenters. The number of thioether (sulfide) groups is 1. The van der Waals surface area contributed by atoms with E-state index in [0.717, 1.165) is 17.3 Å². The second kappa shape index (κ2) is 9.85. The van der Waals surface area contributed by atoms with Crippen molar-refractivity contribution in [2.45, 2.75) is 19.0 Å². The lowest BCUT2D eigenvalue weighted by atomic mass is 10.2. The van der Waals surface area contributed by atoms with E-state index in [4.69, 9.17) is 5.73 Å². The van der Waals surface area contributed by atoms with E-state index in [1.54, 1.807) is 11.8 Å². The molecule has 1 aromatic rings. The third-order valence-corrected chi connectivity index (χ3v) is 3.31. The maximum Gasteiger partial charge on any atom is 0.237 e. The van der Waals surface area contributed by atoms with Crippen LogP contribution in [0.25, 0.3) is 0 Å². The van der Waals surface area contributed by atoms with Crippen LogP contribution in [0.15, 0.2) is 18.2 Å². The number of hydrogen-bond acceptors (Lipinski definition) is 5. The molecule has 1 rings (SSSR count). The quantitative estimate of drug-likeness (QED) is 0.792. The van der Waals surface area contributed by atoms with Crippen molar-refractivity contribution < 1.29 is 4.79 Å². The molecule has 0 spiro atoms. The van der Waals surface area contributed by atoms with Gasteiger partial charge in [0.2, 0.25) is 5.91 Å². The van der Waals surface area contributed by atoms with E-state index in [9.17, 15) is 4.79 Å². The van der Waals surface area contributed by atoms with Gasteiger partial charge in [-0.15, -0.1) is 12.4 Å². The molecule has 0 radical (unpaired) electrons. The molecular weight excluding hydrogens is 296 g/mol. The average Bonchev–Trinajstić information content (AvgIpc) is 2.42. The molecule has 1 heterocycles. The molecule has 3 N–H and O–H groups in total. The van der Waals surface area contributed by atoms with Gasteiger partial charge in [-0.1, -0.05) is 6.07 Å². The summed E-state index contributed by atoms with van der Waals surface area (Å²) >= 11 is 1.69. The third kappa shape index (κ3) is 6.45. The van der Waals surface area contributed by atoms with Crippen LogP contribution in [0.2, 0.25) is 0 Å². The Kier molecular flexibility index (Phi) is 9.37. The summed E-state index contributed by atoms with van der Waals surface area (Å²) in [6, 6.07) is 5.30. The monoisotopic (exact) mass is 318 g/mol. The van der Waals surface area contributed by atoms with Crippen molar-refractivity contribution in [3.05, 3.63) is 23.9 Å². The van der Waals surface area contributed by atoms with Gasteiger partial charge in [0.15, 0.2) is 0 Å². The first-order chi connectivity index (χ1) is 9.04. The van der Waals surface area contributed by atoms with Crippen LogP contribution >= 0.6 is 24.2 Å². The molecule has 0 aliphatic carbocycles. The van der Waals surface area contributed by atoms with Gasteiger partial charge in [0, 0.05) is 14.1 Å². The molecule has 7 heteroatoms. The molecule has 0 fully saturated rings. The van der Waals surface area contributed by atoms with Gasteiger partial charge < -0.3 is 16.0 Å². The highest BCUT2D eigenvalue weighted by atomic mass is 35.5. The van der Waals surface area contributed by atoms with Crippen LogP contribution in [-0.2, 0) is 11.3 Å². The average molecular weight is 319 g/mol. The molecule has 0 aliphatic heterocycles. The number of nitrogens with zero attached hydrogens (tertiary/aromatic N) is 2. The van der Waals surface area contributed by atoms with Crippen molar-refractivity contribution >= 4 is 35.9 Å². The van der Waals surface area contributed by atoms with Gasteiger partial charge in [0.1, 0.15) is 5.82 Å². The number of halogens is 1. The fraction of sp³-hybridized carbons (Fsp3) is 0.538. The molecule has 5 nitrogen and oxygen atoms in total. The molecular formula is C13H23ClN4OS. The summed E-state index contributed by atoms with van der Waals surface area (Å²) in [7, 11) is 3.87. The molecule has 0 bridgehead atoms. The predicted molar refractivity (Wildman–Crippen MR) is 88.6 cm³/mol. The molecule has 20 heavy (non-hydrogen) atoms. The van der Waals surface area contributed by atoms with Crippen LogP contribution in [-0.4, -0.2) is 43.0 Å². The summed E-state index contributed by atoms with van der Waals surface area (Å²) in [6.45, 7) is 0.410. The summed E-state index contributed by atoms with van der Waals surface area (Å²) in [5.74, 6) is 1.65. The Hall–Kier alpha value is -0.980. The lowest BCUT2D eigenvalue weighted by Gasteiger charge is -2.14. The largest absolute Gasteiger partial charge is 0.363 e. The van der Waals surface area contributed by atoms with Crippen LogP contribution < -0.4 is 16.0 Å². The van der Waals surface area contributed by atoms with Crippen LogP contribution in [0, 0.1) is 0 Å². The molecule has 0 saturated heterocycles. The molecule has 0 aliphatic rings. The van der Waals surface area contributed by atoms with Gasteiger partial charge in [-0.25, -0.2) is 4.98 Å². The normalized spacial score (nSPS) is 11.4. The van der Waals surface area contributed by atoms with Gasteiger partial charge in [0.25, 0.3) is 0 Å². The summed E-state index contributed by atoms with van der Waals surface area (Å²) in [6.07, 6.45) is 2.69. The van der Waals surface area contributed by atoms with Crippen molar-refractivity contribution in [1.29, 1.82) is 0 Å². The molecule has 1 aromatic heterocycles. The van der Waals surface area contributed by atoms with Crippen molar-refractivity contribution in [1.82, 2.24) is 10.3 Å². The first kappa shape index (κ1) is 19.0. The van der Waals surface area contributed by atoms with E-state index >= 15 is 0 Å². The van der Waals surface area contributed by atoms with Crippen LogP contribution in [0.5, 0.6) is 0 Å². The van der Waals surface area contributed by atoms with Crippen molar-refractivity contribution in [3.8, 4) is 0 Å². The van der Waals surface area contributed by atoms with Gasteiger partial charge in [0.05, 0.1) is 18.3 Å². The summed E-state index contributed by atoms with van der Waals surface area (Å²) in [5.41, 5.74) is 6.62. The molecule has 0 saturated carbocycles. The van der Waals surface area contributed by atoms with E-state index in [1.165, 1.54) is 0 Å². The number of carbonyl (C=O) groups excluding carboxylic acids is 1. The molecule has 1 atom stereocenters. The zero-order valence-corrected chi connectivity index (χ0v) is 13.8. The molecule has 0 aromatic carbocycles. The smallest absolute Gasteiger partial charge is 0.237 e. The molecule has 1 amide bonds. The molecule has 114 valence electrons. The van der Waals surface area contributed by atoms with Crippen molar-refractivity contribution in [2.75, 3.05) is 31.0 Å². The second-order valence-electron chi connectivity index (χ2n) is 4.49. The fourth-order valence-corrected chi connectivity index (χ4v) is 1.99. The Morgan fingerprint density at radius 2 is 2.20 bits per heavy atom. The third-order valence-electron chi connectivity index (χ3n) is 2.66. The topological polar surface area (TPSA) is 71.2 Å². The van der Waals surface area contributed by atoms with Crippen LogP contribution in [0.3, 0.4) is 0 Å². The minimum absolute atomic E-state index is 0. The Balaban J connectivity index is 0.00000361. The number of nitrogens with one attached hydrogen (secondary N) is 1. The number of hydrogen-bond donors (Lipinski definition) is 2. The number of aromatic nitrogens is 1. The number of carbonyl (C=O) groups is 1. The highest BCUT2D eigenvalue weighted by Gasteiger charge is 2.12. The lowest BCUT2D eigenvalue weighted by Crippen LogP contribution is -2.40. The van der Waals surface area contributed by atoms with Gasteiger partial charge in [-0.3, -0.25) is 4.79 Å². The van der Waals surface area contributed by atoms with Crippen molar-refractivity contribution in [2.24, 2.45) is 5.73 Å². The minimum atomic E-state index is -0.440. The van der Waals surface area contributed by atoms with Crippen molar-refractivity contribution in [3.63, 3.8) is 0 Å². The summed E-state index contributed by atoms with van der Waals surface area (Å²) in [5, 5.41) is 2.82. The van der Waals surface area contributed by atoms with Gasteiger partial charge >= 0.3 is 0 Å². The van der Waals surface area contributed by atoms with Gasteiger partial charge in [-0.2, -0.15) is 11.8 Å². The highest BCUT2D eigenvalue weighted by molar-refractivity contribution is 7.98. The Morgan fingerprint density at radius 3 is 2.80 bits per heavy atom. The first-order valence-electron chi connectivity index (χ1n) is 6.20. The predicted octanol–water partition coefficient (Wildman–Crippen LogP) is 1.27. The maximum absolute atomic E-state index is 11.8. The van der Waals surface area contributed by atoms with E-state index in [1.807, 2.05) is 43.5 Å². The Labute approximate surface area is 131 Å². The van der Waals surface area contributed by atoms with Gasteiger partial charge in [-0.05, 0) is 30.6 Å². The second-order valence-corrected chi connectivity index (χ2v) is 5.47. The van der Waals surface area contributed by atoms with Crippen LogP contribution in [0.1, 0.15) is 12.1 Å². The first-order valence-corrected chi connectivity index (χ1v) is 7.59. The van der Waals surface area contributed by atoms with E-state index in [-0.39, 0.29) is 18.3 Å². The maximum atomic E-state index is 11.8. The minimum Gasteiger partial charge on any atom is -0.363 e. The summed E-state index contributed by atoms with van der Waals surface area (Å²) in [4.78, 5) is 18.1. The Morgan fingerprint density at radius 1 is 1.50 bits per heavy atom. The zero-order chi connectivity index (χ0) is 14.3. The highest BCUT2D eigenvalue weighted by Crippen LogP contribution is 2.07. The summed E-state index contributed by atoms with van der Waals surface area (Å²) < 4.78 is 0. The zero-order valence-electron chi connectivity index (χ0n) is 12.1. The van der Waals surface area contributed by atoms with E-state index < -0.39 is 6.04 Å². The fourth-order valence-electron chi connectivity index (χ4n) is 1.50. The Bertz CT molecular complexity index is 417. The number of rotatable bonds is 7. The van der Waals surface area contributed by atoms with Crippen LogP contribution in [0.4, 0.5) is 5.82 Å². The lowest BCUT2D eigenvalue weighted by molar-refractivity contribution is -0.122. The standard InChI is InChI=1S/C13H22N4OS.ClH/c1-17(2)12-6-4-5-10(16-12)9-15-13(18)11(14)7-8-19-3;/h4-6,11H,7-9,14H2,1-3H3,(H,15,18);1H. The number of pyridine rings is 1. The van der Waals surface area contributed by atoms with E-state index in [0.29, 0.717) is 13.0 Å².